The highest BCUT2D eigenvalue weighted by atomic mass is 31.2. The Morgan fingerprint density at radius 2 is 1.59 bits per heavy atom. The lowest BCUT2D eigenvalue weighted by Gasteiger charge is -2.50. The topological polar surface area (TPSA) is 254 Å². The maximum Gasteiger partial charge on any atom is 0.335 e. The number of carbonyl (C=O) groups excluding carboxylic acids is 5. The van der Waals surface area contributed by atoms with Crippen molar-refractivity contribution in [2.45, 2.75) is 167 Å². The highest BCUT2D eigenvalue weighted by Gasteiger charge is 2.57. The second-order valence-corrected chi connectivity index (χ2v) is 21.7. The fourth-order valence-electron chi connectivity index (χ4n) is 11.2. The molecule has 18 heteroatoms. The van der Waals surface area contributed by atoms with Crippen molar-refractivity contribution in [1.82, 2.24) is 4.90 Å². The minimum absolute atomic E-state index is 0.00643. The first-order valence-corrected chi connectivity index (χ1v) is 26.1. The minimum atomic E-state index is -3.82. The molecule has 4 fully saturated rings. The van der Waals surface area contributed by atoms with Gasteiger partial charge in [-0.25, -0.2) is 15.8 Å². The number of rotatable bonds is 7. The number of Topliss-reactive ketones (excluding diaryl/α,β-unsaturated/α-hetero) is 3. The number of aliphatic hydroxyl groups excluding tert-OH is 1. The van der Waals surface area contributed by atoms with Crippen molar-refractivity contribution < 1.29 is 67.0 Å². The number of piperidine rings is 1. The van der Waals surface area contributed by atoms with Crippen LogP contribution in [0.4, 0.5) is 0 Å². The monoisotopic (exact) mass is 976 g/mol. The van der Waals surface area contributed by atoms with Gasteiger partial charge in [0.1, 0.15) is 30.1 Å². The van der Waals surface area contributed by atoms with Gasteiger partial charge in [-0.15, -0.1) is 0 Å². The SMILES string of the molecule is COC1CC(C[C@H]2C3CCCN4C(=O)C(=O)C5(O)O[C@@H](CCC5C)C[C@H](OC)/C(C)=C/C=C/C=C/[C@@H](C)CC(C)C(=O)[C@H](OC)C(O)/C(C)=C/[C@@H](C)C(=O)C[C@@H]2OC(=O)C34)CC[C@H]1OP(N)(N)=O. The van der Waals surface area contributed by atoms with Gasteiger partial charge in [0.2, 0.25) is 5.79 Å². The van der Waals surface area contributed by atoms with E-state index in [1.807, 2.05) is 44.2 Å². The molecule has 0 aromatic carbocycles. The van der Waals surface area contributed by atoms with Gasteiger partial charge in [-0.1, -0.05) is 64.2 Å². The Morgan fingerprint density at radius 3 is 2.25 bits per heavy atom. The molecule has 0 radical (unpaired) electrons. The Labute approximate surface area is 402 Å². The first-order chi connectivity index (χ1) is 32.0. The van der Waals surface area contributed by atoms with Crippen molar-refractivity contribution in [3.05, 3.63) is 47.6 Å². The predicted octanol–water partition coefficient (Wildman–Crippen LogP) is 5.45. The van der Waals surface area contributed by atoms with Crippen molar-refractivity contribution in [2.75, 3.05) is 27.9 Å². The van der Waals surface area contributed by atoms with Gasteiger partial charge in [0.05, 0.1) is 24.4 Å². The number of ether oxygens (including phenoxy) is 5. The summed E-state index contributed by atoms with van der Waals surface area (Å²) in [5.41, 5.74) is 12.4. The van der Waals surface area contributed by atoms with Gasteiger partial charge in [-0.3, -0.25) is 23.7 Å². The third kappa shape index (κ3) is 13.6. The Kier molecular flexibility index (Phi) is 19.9. The maximum atomic E-state index is 14.5. The number of nitrogens with zero attached hydrogens (tertiary/aromatic N) is 1. The number of hydrogen-bond acceptors (Lipinski definition) is 14. The molecule has 5 aliphatic rings. The second-order valence-electron chi connectivity index (χ2n) is 20.2. The Balaban J connectivity index is 1.51. The van der Waals surface area contributed by atoms with E-state index in [0.717, 1.165) is 5.57 Å². The summed E-state index contributed by atoms with van der Waals surface area (Å²) in [6, 6.07) is -1.18. The van der Waals surface area contributed by atoms with E-state index in [-0.39, 0.29) is 36.4 Å². The van der Waals surface area contributed by atoms with Crippen LogP contribution in [-0.2, 0) is 56.7 Å². The lowest BCUT2D eigenvalue weighted by Crippen LogP contribution is -2.65. The molecular weight excluding hydrogens is 898 g/mol. The summed E-state index contributed by atoms with van der Waals surface area (Å²) in [5.74, 6) is -8.97. The van der Waals surface area contributed by atoms with Crippen LogP contribution in [0.15, 0.2) is 47.6 Å². The normalized spacial score (nSPS) is 41.6. The number of allylic oxidation sites excluding steroid dienone is 6. The van der Waals surface area contributed by atoms with Crippen LogP contribution < -0.4 is 11.0 Å². The lowest BCUT2D eigenvalue weighted by molar-refractivity contribution is -0.266. The number of carbonyl (C=O) groups is 5. The van der Waals surface area contributed by atoms with Gasteiger partial charge in [0.15, 0.2) is 5.78 Å². The van der Waals surface area contributed by atoms with Crippen LogP contribution in [0, 0.1) is 41.4 Å². The van der Waals surface area contributed by atoms with Crippen molar-refractivity contribution in [3.8, 4) is 0 Å². The average molecular weight is 976 g/mol. The van der Waals surface area contributed by atoms with Crippen molar-refractivity contribution >= 4 is 36.9 Å². The number of aliphatic hydroxyl groups is 2. The molecule has 0 aromatic rings. The van der Waals surface area contributed by atoms with Crippen LogP contribution >= 0.6 is 7.67 Å². The van der Waals surface area contributed by atoms with E-state index >= 15 is 0 Å². The molecule has 4 bridgehead atoms. The number of methoxy groups -OCH3 is 3. The molecule has 0 spiro atoms. The molecule has 4 heterocycles. The fraction of sp³-hybridized carbons (Fsp3) is 0.740. The second kappa shape index (κ2) is 24.3. The Bertz CT molecular complexity index is 1980. The van der Waals surface area contributed by atoms with Gasteiger partial charge < -0.3 is 43.3 Å². The van der Waals surface area contributed by atoms with Crippen LogP contribution in [0.3, 0.4) is 0 Å². The molecule has 382 valence electrons. The Hall–Kier alpha value is -3.22. The van der Waals surface area contributed by atoms with Crippen LogP contribution in [0.5, 0.6) is 0 Å². The summed E-state index contributed by atoms with van der Waals surface area (Å²) < 4.78 is 47.3. The summed E-state index contributed by atoms with van der Waals surface area (Å²) in [6.45, 7) is 10.7. The molecule has 16 atom stereocenters. The maximum absolute atomic E-state index is 14.5. The van der Waals surface area contributed by atoms with Crippen LogP contribution in [0.1, 0.15) is 112 Å². The zero-order valence-corrected chi connectivity index (χ0v) is 42.3. The highest BCUT2D eigenvalue weighted by molar-refractivity contribution is 7.53. The zero-order chi connectivity index (χ0) is 50.2. The quantitative estimate of drug-likeness (QED) is 0.107. The molecule has 6 N–H and O–H groups in total. The number of hydrogen-bond donors (Lipinski definition) is 4. The standard InChI is InChI=1S/C50H78N3O14P/c1-28-14-11-10-12-15-29(2)40(62-7)26-35-19-17-33(6)50(60,66-35)47(57)48(58)53-21-13-16-36-37(24-34-18-20-39(42(25-34)63-8)67-68(51,52)61)41(65-49(59)43(36)53)27-38(54)30(3)23-32(5)45(56)46(64-9)44(55)31(4)22-28/h10-12,14-15,23,28,30-31,33-37,39-43,45-46,56,60H,13,16-22,24-27H2,1-9H3,(H4,51,52,61)/b12-10+,14-11+,29-15+,32-23+/t28-,30-,31?,33?,34?,35+,36?,37+,39-,40+,41+,42?,43?,45?,46+,50?/m1/s1. The van der Waals surface area contributed by atoms with Crippen molar-refractivity contribution in [2.24, 2.45) is 52.4 Å². The van der Waals surface area contributed by atoms with E-state index in [0.29, 0.717) is 69.8 Å². The number of fused-ring (bicyclic) bond motifs is 4. The molecule has 17 nitrogen and oxygen atoms in total. The summed E-state index contributed by atoms with van der Waals surface area (Å²) in [7, 11) is 0.626. The third-order valence-corrected chi connectivity index (χ3v) is 15.8. The fourth-order valence-corrected chi connectivity index (χ4v) is 11.9. The minimum Gasteiger partial charge on any atom is -0.460 e. The highest BCUT2D eigenvalue weighted by Crippen LogP contribution is 2.46. The molecule has 4 aliphatic heterocycles. The summed E-state index contributed by atoms with van der Waals surface area (Å²) in [6.07, 6.45) is 9.83. The molecular formula is C50H78N3O14P. The zero-order valence-electron chi connectivity index (χ0n) is 41.5. The van der Waals surface area contributed by atoms with Crippen LogP contribution in [-0.4, -0.2) is 127 Å². The molecule has 5 rings (SSSR count). The molecule has 0 aromatic heterocycles. The first kappa shape index (κ1) is 55.7. The summed E-state index contributed by atoms with van der Waals surface area (Å²) >= 11 is 0. The average Bonchev–Trinajstić information content (AvgIpc) is 3.29. The molecule has 68 heavy (non-hydrogen) atoms. The third-order valence-electron chi connectivity index (χ3n) is 15.2. The number of ketones is 3. The van der Waals surface area contributed by atoms with Gasteiger partial charge in [-0.05, 0) is 101 Å². The van der Waals surface area contributed by atoms with E-state index in [9.17, 15) is 38.8 Å². The number of amides is 1. The van der Waals surface area contributed by atoms with Gasteiger partial charge in [0.25, 0.3) is 11.7 Å². The molecule has 1 amide bonds. The first-order valence-electron chi connectivity index (χ1n) is 24.4. The van der Waals surface area contributed by atoms with Crippen LogP contribution in [0.2, 0.25) is 0 Å². The largest absolute Gasteiger partial charge is 0.460 e. The van der Waals surface area contributed by atoms with Crippen molar-refractivity contribution in [3.63, 3.8) is 0 Å². The van der Waals surface area contributed by atoms with E-state index in [1.54, 1.807) is 40.9 Å². The number of esters is 1. The molecule has 1 saturated carbocycles. The molecule has 3 saturated heterocycles. The molecule has 1 aliphatic carbocycles. The predicted molar refractivity (Wildman–Crippen MR) is 253 cm³/mol. The van der Waals surface area contributed by atoms with E-state index in [2.05, 4.69) is 0 Å². The van der Waals surface area contributed by atoms with E-state index in [1.165, 1.54) is 19.1 Å². The van der Waals surface area contributed by atoms with Crippen LogP contribution in [0.25, 0.3) is 0 Å². The van der Waals surface area contributed by atoms with E-state index < -0.39 is 109 Å². The van der Waals surface area contributed by atoms with Gasteiger partial charge >= 0.3 is 13.6 Å². The van der Waals surface area contributed by atoms with Gasteiger partial charge in [0, 0.05) is 64.4 Å². The van der Waals surface area contributed by atoms with E-state index in [4.69, 9.17) is 39.2 Å². The lowest BCUT2D eigenvalue weighted by atomic mass is 9.68. The summed E-state index contributed by atoms with van der Waals surface area (Å²) in [5, 5.41) is 23.5. The Morgan fingerprint density at radius 1 is 0.868 bits per heavy atom. The smallest absolute Gasteiger partial charge is 0.335 e. The number of nitrogens with two attached hydrogens (primary N) is 2. The molecule has 8 unspecified atom stereocenters. The summed E-state index contributed by atoms with van der Waals surface area (Å²) in [4.78, 5) is 72.4. The van der Waals surface area contributed by atoms with Crippen molar-refractivity contribution in [1.29, 1.82) is 0 Å². The van der Waals surface area contributed by atoms with Gasteiger partial charge in [-0.2, -0.15) is 0 Å².